The number of unbranched alkanes of at least 4 members (excludes halogenated alkanes) is 1. The van der Waals surface area contributed by atoms with Gasteiger partial charge in [-0.15, -0.1) is 0 Å². The van der Waals surface area contributed by atoms with Crippen LogP contribution in [-0.2, 0) is 62.0 Å². The smallest absolute Gasteiger partial charge is 0.329 e. The molecule has 3 aliphatic heterocycles. The summed E-state index contributed by atoms with van der Waals surface area (Å²) in [5.74, 6) is -9.84. The van der Waals surface area contributed by atoms with Crippen molar-refractivity contribution in [2.45, 2.75) is 206 Å². The van der Waals surface area contributed by atoms with Gasteiger partial charge in [-0.25, -0.2) is 4.79 Å². The lowest BCUT2D eigenvalue weighted by molar-refractivity contribution is -0.265. The third-order valence-electron chi connectivity index (χ3n) is 15.8. The zero-order chi connectivity index (χ0) is 54.9. The monoisotopic (exact) mass is 1040 g/mol. The third-order valence-corrected chi connectivity index (χ3v) is 15.8. The van der Waals surface area contributed by atoms with Gasteiger partial charge in [-0.3, -0.25) is 28.8 Å². The SMILES string of the molecule is CO[C@H]1C[C@@H]2CC[C@@H](C)[C@@](O)(O2)C(=O)C(=O)N2CCCCC2C(=O)O[C@H]([C@H](C)C[C@@H]2CC[C@@H](OC(=O)CCCCC(=O)O)[C@H](OC)C2)CC(=O)[C@H](C)/C=C(\C)[C@@H](O)[C@@H](OC)C(=O)[C@H](C)C[C@H](C)/C=C/C=CC=C1C. The highest BCUT2D eigenvalue weighted by atomic mass is 16.6. The summed E-state index contributed by atoms with van der Waals surface area (Å²) in [6.45, 7) is 12.6. The fourth-order valence-electron chi connectivity index (χ4n) is 11.0. The zero-order valence-corrected chi connectivity index (χ0v) is 45.7. The standard InChI is InChI=1S/C57H87NO16/c1-34-18-12-11-13-19-35(2)46(69-8)32-42-25-23-40(7)57(68,74-42)54(65)55(66)58-27-17-16-20-43(58)56(67)73-47(33-44(59)36(3)29-39(6)52(64)53(71-10)51(63)38(5)28-34)37(4)30-41-24-26-45(48(31-41)70-9)72-50(62)22-15-14-21-49(60)61/h11-13,18-19,29,34,36-38,40-43,45-48,52-53,64,68H,14-17,20-28,30-33H2,1-10H3,(H,60,61)/b13-11?,18-12+,35-19?,39-29+/t34-,36-,37-,38-,40-,41+,42+,43?,45-,46+,47+,48-,52-,53+,57-/m1/s1. The first-order valence-electron chi connectivity index (χ1n) is 26.9. The van der Waals surface area contributed by atoms with E-state index in [4.69, 9.17) is 33.5 Å². The number of aliphatic carboxylic acids is 1. The van der Waals surface area contributed by atoms with Crippen LogP contribution >= 0.6 is 0 Å². The molecule has 1 saturated carbocycles. The molecule has 0 spiro atoms. The fraction of sp³-hybridized carbons (Fsp3) is 0.737. The van der Waals surface area contributed by atoms with Crippen LogP contribution in [0.2, 0.25) is 0 Å². The van der Waals surface area contributed by atoms with Crippen molar-refractivity contribution in [3.05, 3.63) is 47.6 Å². The summed E-state index contributed by atoms with van der Waals surface area (Å²) < 4.78 is 35.5. The number of Topliss-reactive ketones (excluding diaryl/α,β-unsaturated/α-hetero) is 3. The Morgan fingerprint density at radius 1 is 0.838 bits per heavy atom. The number of carbonyl (C=O) groups excluding carboxylic acids is 6. The van der Waals surface area contributed by atoms with Gasteiger partial charge in [0.1, 0.15) is 36.2 Å². The van der Waals surface area contributed by atoms with E-state index in [0.29, 0.717) is 82.6 Å². The van der Waals surface area contributed by atoms with Gasteiger partial charge in [-0.1, -0.05) is 71.1 Å². The minimum atomic E-state index is -2.46. The van der Waals surface area contributed by atoms with Crippen LogP contribution in [0, 0.1) is 35.5 Å². The van der Waals surface area contributed by atoms with Crippen LogP contribution in [0.25, 0.3) is 0 Å². The summed E-state index contributed by atoms with van der Waals surface area (Å²) in [4.78, 5) is 96.1. The first-order valence-corrected chi connectivity index (χ1v) is 26.9. The van der Waals surface area contributed by atoms with E-state index in [9.17, 15) is 43.8 Å². The first-order chi connectivity index (χ1) is 35.0. The Bertz CT molecular complexity index is 2050. The zero-order valence-electron chi connectivity index (χ0n) is 45.7. The van der Waals surface area contributed by atoms with Crippen molar-refractivity contribution in [3.63, 3.8) is 0 Å². The second-order valence-corrected chi connectivity index (χ2v) is 21.7. The molecule has 0 radical (unpaired) electrons. The molecule has 3 N–H and O–H groups in total. The maximum atomic E-state index is 14.5. The number of hydrogen-bond acceptors (Lipinski definition) is 15. The van der Waals surface area contributed by atoms with Crippen molar-refractivity contribution in [2.24, 2.45) is 35.5 Å². The lowest BCUT2D eigenvalue weighted by Crippen LogP contribution is -2.61. The number of carboxylic acid groups (broad SMARTS) is 1. The van der Waals surface area contributed by atoms with Crippen LogP contribution in [-0.4, -0.2) is 144 Å². The highest BCUT2D eigenvalue weighted by Crippen LogP contribution is 2.38. The van der Waals surface area contributed by atoms with E-state index in [1.54, 1.807) is 48.0 Å². The van der Waals surface area contributed by atoms with E-state index in [0.717, 1.165) is 5.57 Å². The lowest BCUT2D eigenvalue weighted by atomic mass is 9.78. The molecule has 0 aromatic rings. The molecule has 0 aromatic heterocycles. The van der Waals surface area contributed by atoms with Gasteiger partial charge in [0.25, 0.3) is 11.7 Å². The number of carbonyl (C=O) groups is 7. The maximum Gasteiger partial charge on any atom is 0.329 e. The Labute approximate surface area is 438 Å². The van der Waals surface area contributed by atoms with E-state index in [1.807, 2.05) is 51.2 Å². The molecule has 15 atom stereocenters. The lowest BCUT2D eigenvalue weighted by Gasteiger charge is -2.42. The number of cyclic esters (lactones) is 1. The molecule has 3 fully saturated rings. The Morgan fingerprint density at radius 3 is 2.23 bits per heavy atom. The molecule has 4 rings (SSSR count). The summed E-state index contributed by atoms with van der Waals surface area (Å²) in [5.41, 5.74) is 1.22. The Kier molecular flexibility index (Phi) is 25.0. The minimum Gasteiger partial charge on any atom is -0.481 e. The number of nitrogens with zero attached hydrogens (tertiary/aromatic N) is 1. The number of carboxylic acids is 1. The Morgan fingerprint density at radius 2 is 1.55 bits per heavy atom. The molecule has 1 aliphatic carbocycles. The number of aliphatic hydroxyl groups is 2. The number of piperidine rings is 1. The number of fused-ring (bicyclic) bond motifs is 3. The van der Waals surface area contributed by atoms with E-state index in [2.05, 4.69) is 0 Å². The molecule has 0 aromatic carbocycles. The molecule has 416 valence electrons. The second kappa shape index (κ2) is 29.8. The van der Waals surface area contributed by atoms with Crippen molar-refractivity contribution in [1.29, 1.82) is 0 Å². The van der Waals surface area contributed by atoms with Crippen LogP contribution in [0.4, 0.5) is 0 Å². The van der Waals surface area contributed by atoms with Crippen molar-refractivity contribution in [1.82, 2.24) is 4.90 Å². The molecule has 1 amide bonds. The van der Waals surface area contributed by atoms with E-state index >= 15 is 0 Å². The molecule has 4 aliphatic rings. The highest BCUT2D eigenvalue weighted by Gasteiger charge is 2.53. The van der Waals surface area contributed by atoms with Crippen LogP contribution in [0.5, 0.6) is 0 Å². The van der Waals surface area contributed by atoms with Gasteiger partial charge in [0.15, 0.2) is 5.78 Å². The number of methoxy groups -OCH3 is 3. The van der Waals surface area contributed by atoms with Crippen molar-refractivity contribution >= 4 is 41.2 Å². The summed E-state index contributed by atoms with van der Waals surface area (Å²) in [6, 6.07) is -1.19. The van der Waals surface area contributed by atoms with Gasteiger partial charge in [-0.2, -0.15) is 0 Å². The molecule has 17 heteroatoms. The number of hydrogen-bond donors (Lipinski definition) is 3. The van der Waals surface area contributed by atoms with Crippen LogP contribution in [0.15, 0.2) is 47.6 Å². The van der Waals surface area contributed by atoms with Gasteiger partial charge < -0.3 is 48.6 Å². The van der Waals surface area contributed by atoms with Crippen molar-refractivity contribution < 1.29 is 77.3 Å². The third kappa shape index (κ3) is 17.6. The number of ketones is 3. The number of ether oxygens (including phenoxy) is 6. The molecule has 3 heterocycles. The number of aliphatic hydroxyl groups excluding tert-OH is 1. The summed E-state index contributed by atoms with van der Waals surface area (Å²) in [6.07, 6.45) is 11.1. The summed E-state index contributed by atoms with van der Waals surface area (Å²) in [5, 5.41) is 32.5. The topological polar surface area (TPSA) is 239 Å². The van der Waals surface area contributed by atoms with Crippen LogP contribution in [0.1, 0.15) is 151 Å². The van der Waals surface area contributed by atoms with Crippen molar-refractivity contribution in [2.75, 3.05) is 27.9 Å². The number of allylic oxidation sites excluding steroid dienone is 6. The summed E-state index contributed by atoms with van der Waals surface area (Å²) in [7, 11) is 4.47. The predicted molar refractivity (Wildman–Crippen MR) is 275 cm³/mol. The van der Waals surface area contributed by atoms with Crippen LogP contribution in [0.3, 0.4) is 0 Å². The molecule has 17 nitrogen and oxygen atoms in total. The van der Waals surface area contributed by atoms with Gasteiger partial charge in [0.05, 0.1) is 18.3 Å². The van der Waals surface area contributed by atoms with E-state index in [-0.39, 0.29) is 55.6 Å². The van der Waals surface area contributed by atoms with E-state index in [1.165, 1.54) is 12.0 Å². The highest BCUT2D eigenvalue weighted by molar-refractivity contribution is 6.39. The number of esters is 2. The minimum absolute atomic E-state index is 0.00459. The predicted octanol–water partition coefficient (Wildman–Crippen LogP) is 7.38. The first kappa shape index (κ1) is 62.2. The average molecular weight is 1040 g/mol. The van der Waals surface area contributed by atoms with Gasteiger partial charge >= 0.3 is 17.9 Å². The largest absolute Gasteiger partial charge is 0.481 e. The van der Waals surface area contributed by atoms with E-state index < -0.39 is 108 Å². The maximum absolute atomic E-state index is 14.5. The van der Waals surface area contributed by atoms with Gasteiger partial charge in [-0.05, 0) is 120 Å². The quantitative estimate of drug-likeness (QED) is 0.0748. The van der Waals surface area contributed by atoms with Gasteiger partial charge in [0, 0.05) is 71.3 Å². The van der Waals surface area contributed by atoms with Crippen molar-refractivity contribution in [3.8, 4) is 0 Å². The molecular weight excluding hydrogens is 955 g/mol. The Hall–Kier alpha value is -4.39. The molecule has 1 unspecified atom stereocenters. The number of rotatable bonds is 12. The second-order valence-electron chi connectivity index (χ2n) is 21.7. The normalized spacial score (nSPS) is 35.6. The van der Waals surface area contributed by atoms with Crippen LogP contribution < -0.4 is 0 Å². The summed E-state index contributed by atoms with van der Waals surface area (Å²) >= 11 is 0. The number of amides is 1. The van der Waals surface area contributed by atoms with Gasteiger partial charge in [0.2, 0.25) is 5.79 Å². The molecule has 74 heavy (non-hydrogen) atoms. The average Bonchev–Trinajstić information content (AvgIpc) is 3.36. The fourth-order valence-corrected chi connectivity index (χ4v) is 11.0. The molecular formula is C57H87NO16. The molecule has 2 bridgehead atoms. The molecule has 2 saturated heterocycles. The Balaban J connectivity index is 1.66.